The summed E-state index contributed by atoms with van der Waals surface area (Å²) in [6.07, 6.45) is 1.79. The molecule has 22 heavy (non-hydrogen) atoms. The lowest BCUT2D eigenvalue weighted by molar-refractivity contribution is 0.101. The molecular formula is C19H17BrO2. The molecule has 0 atom stereocenters. The van der Waals surface area contributed by atoms with Gasteiger partial charge in [-0.05, 0) is 40.8 Å². The number of benzene rings is 2. The Morgan fingerprint density at radius 2 is 1.73 bits per heavy atom. The van der Waals surface area contributed by atoms with Crippen LogP contribution in [0.5, 0.6) is 5.75 Å². The highest BCUT2D eigenvalue weighted by atomic mass is 79.9. The van der Waals surface area contributed by atoms with Crippen molar-refractivity contribution in [1.82, 2.24) is 0 Å². The molecule has 2 aromatic rings. The van der Waals surface area contributed by atoms with Gasteiger partial charge in [0.15, 0.2) is 5.76 Å². The summed E-state index contributed by atoms with van der Waals surface area (Å²) < 4.78 is 6.54. The van der Waals surface area contributed by atoms with Crippen molar-refractivity contribution in [3.63, 3.8) is 0 Å². The molecule has 112 valence electrons. The third-order valence-electron chi connectivity index (χ3n) is 3.70. The number of halogens is 1. The first-order chi connectivity index (χ1) is 10.3. The van der Waals surface area contributed by atoms with Gasteiger partial charge in [0.25, 0.3) is 0 Å². The number of Topliss-reactive ketones (excluding diaryl/α,β-unsaturated/α-hetero) is 1. The Morgan fingerprint density at radius 3 is 2.36 bits per heavy atom. The molecule has 0 aliphatic carbocycles. The van der Waals surface area contributed by atoms with Crippen molar-refractivity contribution in [2.75, 3.05) is 0 Å². The summed E-state index contributed by atoms with van der Waals surface area (Å²) in [7, 11) is 0. The van der Waals surface area contributed by atoms with Crippen LogP contribution in [0.3, 0.4) is 0 Å². The van der Waals surface area contributed by atoms with E-state index in [0.29, 0.717) is 17.1 Å². The summed E-state index contributed by atoms with van der Waals surface area (Å²) in [5, 5.41) is 0. The van der Waals surface area contributed by atoms with Gasteiger partial charge in [0.05, 0.1) is 5.56 Å². The lowest BCUT2D eigenvalue weighted by Crippen LogP contribution is -2.10. The molecule has 0 fully saturated rings. The summed E-state index contributed by atoms with van der Waals surface area (Å²) in [6.45, 7) is 6.54. The van der Waals surface area contributed by atoms with Crippen LogP contribution in [0.15, 0.2) is 52.7 Å². The lowest BCUT2D eigenvalue weighted by Gasteiger charge is -2.18. The van der Waals surface area contributed by atoms with E-state index < -0.39 is 0 Å². The predicted molar refractivity (Wildman–Crippen MR) is 92.2 cm³/mol. The Bertz CT molecular complexity index is 765. The number of carbonyl (C=O) groups excluding carboxylic acids is 1. The number of ketones is 1. The molecule has 0 unspecified atom stereocenters. The fraction of sp³-hybridized carbons (Fsp3) is 0.211. The van der Waals surface area contributed by atoms with Crippen LogP contribution in [-0.4, -0.2) is 5.78 Å². The van der Waals surface area contributed by atoms with Crippen LogP contribution in [0.25, 0.3) is 6.08 Å². The van der Waals surface area contributed by atoms with Gasteiger partial charge in [-0.1, -0.05) is 61.0 Å². The van der Waals surface area contributed by atoms with Crippen molar-refractivity contribution < 1.29 is 9.53 Å². The molecule has 0 aromatic heterocycles. The van der Waals surface area contributed by atoms with E-state index in [1.165, 1.54) is 5.56 Å². The lowest BCUT2D eigenvalue weighted by atomic mass is 9.86. The average Bonchev–Trinajstić information content (AvgIpc) is 2.75. The average molecular weight is 357 g/mol. The topological polar surface area (TPSA) is 26.3 Å². The Kier molecular flexibility index (Phi) is 3.69. The molecule has 2 nitrogen and oxygen atoms in total. The number of ether oxygens (including phenoxy) is 1. The first kappa shape index (κ1) is 15.0. The van der Waals surface area contributed by atoms with Crippen molar-refractivity contribution >= 4 is 27.8 Å². The molecule has 0 spiro atoms. The maximum atomic E-state index is 12.4. The van der Waals surface area contributed by atoms with Gasteiger partial charge in [0, 0.05) is 4.47 Å². The van der Waals surface area contributed by atoms with E-state index in [-0.39, 0.29) is 11.2 Å². The number of hydrogen-bond acceptors (Lipinski definition) is 2. The van der Waals surface area contributed by atoms with Crippen LogP contribution in [0, 0.1) is 0 Å². The second kappa shape index (κ2) is 5.40. The molecule has 1 aliphatic rings. The molecule has 1 heterocycles. The third kappa shape index (κ3) is 2.86. The standard InChI is InChI=1S/C19H17BrO2/c1-19(2,3)13-6-4-12(5-7-13)10-17-18(21)15-11-14(20)8-9-16(15)22-17/h4-11H,1-3H3/b17-10-. The Morgan fingerprint density at radius 1 is 1.05 bits per heavy atom. The van der Waals surface area contributed by atoms with Gasteiger partial charge in [0.2, 0.25) is 5.78 Å². The number of allylic oxidation sites excluding steroid dienone is 1. The number of hydrogen-bond donors (Lipinski definition) is 0. The molecule has 0 amide bonds. The highest BCUT2D eigenvalue weighted by molar-refractivity contribution is 9.10. The minimum Gasteiger partial charge on any atom is -0.452 e. The van der Waals surface area contributed by atoms with Gasteiger partial charge in [0.1, 0.15) is 5.75 Å². The van der Waals surface area contributed by atoms with Gasteiger partial charge >= 0.3 is 0 Å². The Hall–Kier alpha value is -1.87. The van der Waals surface area contributed by atoms with E-state index in [1.54, 1.807) is 18.2 Å². The van der Waals surface area contributed by atoms with Crippen LogP contribution >= 0.6 is 15.9 Å². The molecule has 3 rings (SSSR count). The zero-order valence-corrected chi connectivity index (χ0v) is 14.4. The zero-order valence-electron chi connectivity index (χ0n) is 12.8. The van der Waals surface area contributed by atoms with Crippen LogP contribution in [0.4, 0.5) is 0 Å². The van der Waals surface area contributed by atoms with Crippen molar-refractivity contribution in [3.05, 3.63) is 69.4 Å². The van der Waals surface area contributed by atoms with Gasteiger partial charge in [-0.15, -0.1) is 0 Å². The summed E-state index contributed by atoms with van der Waals surface area (Å²) >= 11 is 3.38. The second-order valence-electron chi connectivity index (χ2n) is 6.45. The SMILES string of the molecule is CC(C)(C)c1ccc(/C=C2\Oc3ccc(Br)cc3C2=O)cc1. The third-order valence-corrected chi connectivity index (χ3v) is 4.20. The molecule has 0 N–H and O–H groups in total. The monoisotopic (exact) mass is 356 g/mol. The number of carbonyl (C=O) groups is 1. The molecule has 0 bridgehead atoms. The quantitative estimate of drug-likeness (QED) is 0.642. The predicted octanol–water partition coefficient (Wildman–Crippen LogP) is 5.36. The maximum Gasteiger partial charge on any atom is 0.232 e. The first-order valence-corrected chi connectivity index (χ1v) is 7.98. The maximum absolute atomic E-state index is 12.4. The summed E-state index contributed by atoms with van der Waals surface area (Å²) in [4.78, 5) is 12.4. The van der Waals surface area contributed by atoms with Gasteiger partial charge in [-0.2, -0.15) is 0 Å². The van der Waals surface area contributed by atoms with E-state index in [4.69, 9.17) is 4.74 Å². The summed E-state index contributed by atoms with van der Waals surface area (Å²) in [5.74, 6) is 0.915. The van der Waals surface area contributed by atoms with Gasteiger partial charge < -0.3 is 4.74 Å². The molecule has 3 heteroatoms. The largest absolute Gasteiger partial charge is 0.452 e. The molecule has 0 saturated carbocycles. The zero-order chi connectivity index (χ0) is 15.9. The van der Waals surface area contributed by atoms with E-state index in [0.717, 1.165) is 10.0 Å². The molecule has 1 aliphatic heterocycles. The van der Waals surface area contributed by atoms with E-state index in [1.807, 2.05) is 18.2 Å². The van der Waals surface area contributed by atoms with Crippen LogP contribution < -0.4 is 4.74 Å². The van der Waals surface area contributed by atoms with Crippen molar-refractivity contribution in [1.29, 1.82) is 0 Å². The van der Waals surface area contributed by atoms with Crippen molar-refractivity contribution in [2.45, 2.75) is 26.2 Å². The molecular weight excluding hydrogens is 340 g/mol. The highest BCUT2D eigenvalue weighted by Crippen LogP contribution is 2.34. The van der Waals surface area contributed by atoms with Gasteiger partial charge in [-0.25, -0.2) is 0 Å². The molecule has 2 aromatic carbocycles. The minimum absolute atomic E-state index is 0.0730. The normalized spacial score (nSPS) is 15.8. The smallest absolute Gasteiger partial charge is 0.232 e. The van der Waals surface area contributed by atoms with E-state index >= 15 is 0 Å². The van der Waals surface area contributed by atoms with Crippen LogP contribution in [0.1, 0.15) is 42.3 Å². The Labute approximate surface area is 138 Å². The number of fused-ring (bicyclic) bond motifs is 1. The minimum atomic E-state index is -0.0730. The van der Waals surface area contributed by atoms with Crippen LogP contribution in [-0.2, 0) is 5.41 Å². The van der Waals surface area contributed by atoms with E-state index in [2.05, 4.69) is 48.8 Å². The molecule has 0 radical (unpaired) electrons. The Balaban J connectivity index is 1.90. The van der Waals surface area contributed by atoms with Crippen LogP contribution in [0.2, 0.25) is 0 Å². The van der Waals surface area contributed by atoms with Gasteiger partial charge in [-0.3, -0.25) is 4.79 Å². The fourth-order valence-electron chi connectivity index (χ4n) is 2.39. The fourth-order valence-corrected chi connectivity index (χ4v) is 2.75. The summed E-state index contributed by atoms with van der Waals surface area (Å²) in [5.41, 5.74) is 2.95. The second-order valence-corrected chi connectivity index (χ2v) is 7.37. The van der Waals surface area contributed by atoms with E-state index in [9.17, 15) is 4.79 Å². The summed E-state index contributed by atoms with van der Waals surface area (Å²) in [6, 6.07) is 13.7. The first-order valence-electron chi connectivity index (χ1n) is 7.19. The van der Waals surface area contributed by atoms with Crippen molar-refractivity contribution in [3.8, 4) is 5.75 Å². The molecule has 0 saturated heterocycles. The van der Waals surface area contributed by atoms with Crippen molar-refractivity contribution in [2.24, 2.45) is 0 Å². The highest BCUT2D eigenvalue weighted by Gasteiger charge is 2.27. The number of rotatable bonds is 1.